The first-order chi connectivity index (χ1) is 14.1. The zero-order valence-corrected chi connectivity index (χ0v) is 16.3. The molecule has 4 rings (SSSR count). The fourth-order valence-electron chi connectivity index (χ4n) is 3.68. The van der Waals surface area contributed by atoms with Gasteiger partial charge in [0.05, 0.1) is 12.2 Å². The molecular weight excluding hydrogens is 377 g/mol. The Labute approximate surface area is 168 Å². The van der Waals surface area contributed by atoms with Crippen LogP contribution in [0.4, 0.5) is 14.9 Å². The SMILES string of the molecule is CCCN1CC=C(c2ccc(N3C[C@H](COc4ccon4)OC3=O)cc2F)CC1. The molecule has 0 bridgehead atoms. The first-order valence-electron chi connectivity index (χ1n) is 9.86. The monoisotopic (exact) mass is 401 g/mol. The minimum atomic E-state index is -0.516. The van der Waals surface area contributed by atoms with Crippen molar-refractivity contribution >= 4 is 17.4 Å². The third-order valence-corrected chi connectivity index (χ3v) is 5.15. The molecule has 0 aliphatic carbocycles. The Morgan fingerprint density at radius 2 is 2.24 bits per heavy atom. The lowest BCUT2D eigenvalue weighted by Gasteiger charge is -2.26. The molecule has 1 aromatic carbocycles. The van der Waals surface area contributed by atoms with E-state index in [1.807, 2.05) is 0 Å². The summed E-state index contributed by atoms with van der Waals surface area (Å²) in [6, 6.07) is 6.49. The summed E-state index contributed by atoms with van der Waals surface area (Å²) in [5, 5.41) is 3.64. The first kappa shape index (κ1) is 19.4. The number of benzene rings is 1. The van der Waals surface area contributed by atoms with Gasteiger partial charge >= 0.3 is 6.09 Å². The Morgan fingerprint density at radius 1 is 1.34 bits per heavy atom. The molecule has 0 saturated carbocycles. The number of cyclic esters (lactones) is 1. The number of amides is 1. The van der Waals surface area contributed by atoms with E-state index >= 15 is 0 Å². The van der Waals surface area contributed by atoms with E-state index < -0.39 is 12.2 Å². The molecule has 2 aliphatic heterocycles. The van der Waals surface area contributed by atoms with Crippen LogP contribution in [0.3, 0.4) is 0 Å². The van der Waals surface area contributed by atoms with Crippen LogP contribution in [0.5, 0.6) is 5.88 Å². The number of rotatable bonds is 7. The van der Waals surface area contributed by atoms with E-state index in [2.05, 4.69) is 23.1 Å². The van der Waals surface area contributed by atoms with Crippen LogP contribution in [0.2, 0.25) is 0 Å². The summed E-state index contributed by atoms with van der Waals surface area (Å²) in [7, 11) is 0. The predicted octanol–water partition coefficient (Wildman–Crippen LogP) is 3.72. The minimum absolute atomic E-state index is 0.149. The van der Waals surface area contributed by atoms with Crippen LogP contribution in [0.15, 0.2) is 41.1 Å². The highest BCUT2D eigenvalue weighted by atomic mass is 19.1. The average Bonchev–Trinajstić information content (AvgIpc) is 3.37. The van der Waals surface area contributed by atoms with Crippen molar-refractivity contribution in [2.75, 3.05) is 37.7 Å². The predicted molar refractivity (Wildman–Crippen MR) is 105 cm³/mol. The van der Waals surface area contributed by atoms with Gasteiger partial charge in [0.1, 0.15) is 18.7 Å². The Balaban J connectivity index is 1.40. The minimum Gasteiger partial charge on any atom is -0.471 e. The van der Waals surface area contributed by atoms with Gasteiger partial charge in [0.25, 0.3) is 5.88 Å². The van der Waals surface area contributed by atoms with E-state index in [0.717, 1.165) is 38.0 Å². The van der Waals surface area contributed by atoms with Crippen molar-refractivity contribution in [3.05, 3.63) is 48.0 Å². The van der Waals surface area contributed by atoms with E-state index in [0.29, 0.717) is 17.1 Å². The molecule has 1 fully saturated rings. The average molecular weight is 401 g/mol. The second kappa shape index (κ2) is 8.65. The number of aromatic nitrogens is 1. The highest BCUT2D eigenvalue weighted by molar-refractivity contribution is 5.90. The number of nitrogens with zero attached hydrogens (tertiary/aromatic N) is 3. The van der Waals surface area contributed by atoms with Crippen molar-refractivity contribution in [3.63, 3.8) is 0 Å². The fourth-order valence-corrected chi connectivity index (χ4v) is 3.68. The molecule has 1 amide bonds. The largest absolute Gasteiger partial charge is 0.471 e. The van der Waals surface area contributed by atoms with Gasteiger partial charge in [-0.15, -0.1) is 0 Å². The van der Waals surface area contributed by atoms with Gasteiger partial charge in [-0.3, -0.25) is 9.80 Å². The number of carbonyl (C=O) groups excluding carboxylic acids is 1. The molecule has 2 aromatic rings. The van der Waals surface area contributed by atoms with Crippen LogP contribution >= 0.6 is 0 Å². The number of hydrogen-bond acceptors (Lipinski definition) is 6. The molecule has 1 saturated heterocycles. The Kier molecular flexibility index (Phi) is 5.80. The molecule has 29 heavy (non-hydrogen) atoms. The van der Waals surface area contributed by atoms with E-state index in [1.165, 1.54) is 17.2 Å². The topological polar surface area (TPSA) is 68.0 Å². The second-order valence-electron chi connectivity index (χ2n) is 7.21. The number of carbonyl (C=O) groups is 1. The summed E-state index contributed by atoms with van der Waals surface area (Å²) >= 11 is 0. The van der Waals surface area contributed by atoms with Gasteiger partial charge in [0.2, 0.25) is 0 Å². The van der Waals surface area contributed by atoms with E-state index in [-0.39, 0.29) is 19.0 Å². The zero-order chi connectivity index (χ0) is 20.2. The van der Waals surface area contributed by atoms with Crippen LogP contribution < -0.4 is 9.64 Å². The van der Waals surface area contributed by atoms with Crippen LogP contribution in [-0.4, -0.2) is 55.0 Å². The molecule has 8 heteroatoms. The zero-order valence-electron chi connectivity index (χ0n) is 16.3. The highest BCUT2D eigenvalue weighted by Crippen LogP contribution is 2.29. The smallest absolute Gasteiger partial charge is 0.414 e. The molecule has 154 valence electrons. The maximum atomic E-state index is 14.8. The maximum absolute atomic E-state index is 14.8. The molecule has 0 radical (unpaired) electrons. The molecule has 0 N–H and O–H groups in total. The third-order valence-electron chi connectivity index (χ3n) is 5.15. The third kappa shape index (κ3) is 4.42. The molecule has 1 aromatic heterocycles. The first-order valence-corrected chi connectivity index (χ1v) is 9.86. The van der Waals surface area contributed by atoms with Crippen molar-refractivity contribution in [1.29, 1.82) is 0 Å². The van der Waals surface area contributed by atoms with Gasteiger partial charge in [-0.2, -0.15) is 0 Å². The quantitative estimate of drug-likeness (QED) is 0.705. The van der Waals surface area contributed by atoms with Crippen molar-refractivity contribution in [2.24, 2.45) is 0 Å². The molecule has 0 spiro atoms. The van der Waals surface area contributed by atoms with Gasteiger partial charge in [0, 0.05) is 24.7 Å². The number of hydrogen-bond donors (Lipinski definition) is 0. The van der Waals surface area contributed by atoms with Crippen molar-refractivity contribution in [2.45, 2.75) is 25.9 Å². The van der Waals surface area contributed by atoms with E-state index in [1.54, 1.807) is 18.2 Å². The van der Waals surface area contributed by atoms with E-state index in [9.17, 15) is 9.18 Å². The highest BCUT2D eigenvalue weighted by Gasteiger charge is 2.33. The van der Waals surface area contributed by atoms with Crippen LogP contribution in [0.25, 0.3) is 5.57 Å². The summed E-state index contributed by atoms with van der Waals surface area (Å²) < 4.78 is 30.2. The lowest BCUT2D eigenvalue weighted by Crippen LogP contribution is -2.29. The molecule has 0 unspecified atom stereocenters. The van der Waals surface area contributed by atoms with Crippen LogP contribution in [0, 0.1) is 5.82 Å². The lowest BCUT2D eigenvalue weighted by molar-refractivity contribution is 0.102. The Bertz CT molecular complexity index is 884. The van der Waals surface area contributed by atoms with Crippen molar-refractivity contribution in [1.82, 2.24) is 10.1 Å². The van der Waals surface area contributed by atoms with Crippen LogP contribution in [-0.2, 0) is 4.74 Å². The standard InChI is InChI=1S/C21H24FN3O4/c1-2-8-24-9-5-15(6-10-24)18-4-3-16(12-19(18)22)25-13-17(29-21(25)26)14-27-20-7-11-28-23-20/h3-5,7,11-12,17H,2,6,8-10,13-14H2,1H3/t17-/m1/s1. The lowest BCUT2D eigenvalue weighted by atomic mass is 9.98. The number of anilines is 1. The molecule has 1 atom stereocenters. The number of ether oxygens (including phenoxy) is 2. The van der Waals surface area contributed by atoms with Gasteiger partial charge in [-0.25, -0.2) is 9.18 Å². The summed E-state index contributed by atoms with van der Waals surface area (Å²) in [5.74, 6) is 0.000874. The summed E-state index contributed by atoms with van der Waals surface area (Å²) in [6.07, 6.45) is 4.45. The summed E-state index contributed by atoms with van der Waals surface area (Å²) in [4.78, 5) is 16.0. The Hall–Kier alpha value is -2.87. The van der Waals surface area contributed by atoms with Gasteiger partial charge in [-0.05, 0) is 48.3 Å². The van der Waals surface area contributed by atoms with Gasteiger partial charge < -0.3 is 14.0 Å². The molecule has 7 nitrogen and oxygen atoms in total. The second-order valence-corrected chi connectivity index (χ2v) is 7.21. The van der Waals surface area contributed by atoms with Crippen molar-refractivity contribution in [3.8, 4) is 5.88 Å². The van der Waals surface area contributed by atoms with Gasteiger partial charge in [-0.1, -0.05) is 13.0 Å². The normalized spacial score (nSPS) is 19.9. The van der Waals surface area contributed by atoms with Crippen molar-refractivity contribution < 1.29 is 23.2 Å². The maximum Gasteiger partial charge on any atom is 0.414 e. The fraction of sp³-hybridized carbons (Fsp3) is 0.429. The molecule has 2 aliphatic rings. The summed E-state index contributed by atoms with van der Waals surface area (Å²) in [5.41, 5.74) is 2.09. The van der Waals surface area contributed by atoms with E-state index in [4.69, 9.17) is 14.0 Å². The number of halogens is 1. The molecular formula is C21H24FN3O4. The van der Waals surface area contributed by atoms with Gasteiger partial charge in [0.15, 0.2) is 6.10 Å². The Morgan fingerprint density at radius 3 is 2.93 bits per heavy atom. The summed E-state index contributed by atoms with van der Waals surface area (Å²) in [6.45, 7) is 5.43. The van der Waals surface area contributed by atoms with Crippen LogP contribution in [0.1, 0.15) is 25.3 Å². The molecule has 3 heterocycles.